The fraction of sp³-hybridized carbons (Fsp3) is 0.278. The average Bonchev–Trinajstić information content (AvgIpc) is 3.12. The first-order chi connectivity index (χ1) is 11.1. The molecule has 0 bridgehead atoms. The van der Waals surface area contributed by atoms with E-state index in [9.17, 15) is 10.1 Å². The number of benzene rings is 1. The van der Waals surface area contributed by atoms with E-state index in [1.54, 1.807) is 6.07 Å². The van der Waals surface area contributed by atoms with E-state index in [1.165, 1.54) is 0 Å². The van der Waals surface area contributed by atoms with Crippen LogP contribution in [0, 0.1) is 18.3 Å². The van der Waals surface area contributed by atoms with E-state index in [2.05, 4.69) is 21.3 Å². The van der Waals surface area contributed by atoms with Gasteiger partial charge in [-0.05, 0) is 37.1 Å². The van der Waals surface area contributed by atoms with Crippen LogP contribution < -0.4 is 10.2 Å². The lowest BCUT2D eigenvalue weighted by atomic mass is 9.81. The molecule has 2 aliphatic heterocycles. The summed E-state index contributed by atoms with van der Waals surface area (Å²) in [6.45, 7) is 3.18. The lowest BCUT2D eigenvalue weighted by Gasteiger charge is -2.23. The molecule has 1 N–H and O–H groups in total. The first-order valence-electron chi connectivity index (χ1n) is 7.68. The molecule has 2 aliphatic rings. The average molecular weight is 304 g/mol. The smallest absolute Gasteiger partial charge is 0.236 e. The number of pyridine rings is 1. The minimum atomic E-state index is -0.533. The second-order valence-electron chi connectivity index (χ2n) is 6.19. The van der Waals surface area contributed by atoms with Crippen LogP contribution in [0.1, 0.15) is 23.2 Å². The largest absolute Gasteiger partial charge is 0.354 e. The molecule has 5 nitrogen and oxygen atoms in total. The number of para-hydroxylation sites is 1. The molecule has 114 valence electrons. The van der Waals surface area contributed by atoms with Crippen LogP contribution in [0.2, 0.25) is 0 Å². The number of anilines is 2. The Bertz CT molecular complexity index is 854. The first kappa shape index (κ1) is 13.8. The first-order valence-corrected chi connectivity index (χ1v) is 7.68. The van der Waals surface area contributed by atoms with Gasteiger partial charge in [0.15, 0.2) is 0 Å². The standard InChI is InChI=1S/C18H16N4O/c1-12-6-7-13(10-19)16(20-12)22-9-8-18(11-22)14-4-2-3-5-15(14)21-17(18)23/h2-7H,8-9,11H2,1H3,(H,21,23). The van der Waals surface area contributed by atoms with Gasteiger partial charge >= 0.3 is 0 Å². The van der Waals surface area contributed by atoms with Gasteiger partial charge in [0.05, 0.1) is 11.0 Å². The highest BCUT2D eigenvalue weighted by Gasteiger charge is 2.51. The molecule has 1 saturated heterocycles. The molecule has 1 spiro atoms. The highest BCUT2D eigenvalue weighted by molar-refractivity contribution is 6.07. The number of carbonyl (C=O) groups is 1. The Hall–Kier alpha value is -2.87. The normalized spacial score (nSPS) is 22.1. The van der Waals surface area contributed by atoms with Crippen LogP contribution in [0.4, 0.5) is 11.5 Å². The number of hydrogen-bond donors (Lipinski definition) is 1. The third-order valence-corrected chi connectivity index (χ3v) is 4.83. The van der Waals surface area contributed by atoms with E-state index in [0.717, 1.165) is 23.4 Å². The summed E-state index contributed by atoms with van der Waals surface area (Å²) >= 11 is 0. The Morgan fingerprint density at radius 2 is 2.13 bits per heavy atom. The van der Waals surface area contributed by atoms with Crippen molar-refractivity contribution in [3.05, 3.63) is 53.2 Å². The molecule has 1 fully saturated rings. The predicted molar refractivity (Wildman–Crippen MR) is 87.3 cm³/mol. The van der Waals surface area contributed by atoms with Crippen molar-refractivity contribution in [2.24, 2.45) is 0 Å². The van der Waals surface area contributed by atoms with Gasteiger partial charge in [-0.25, -0.2) is 4.98 Å². The van der Waals surface area contributed by atoms with Gasteiger partial charge in [-0.2, -0.15) is 5.26 Å². The maximum absolute atomic E-state index is 12.6. The summed E-state index contributed by atoms with van der Waals surface area (Å²) in [6, 6.07) is 13.7. The Morgan fingerprint density at radius 1 is 1.30 bits per heavy atom. The van der Waals surface area contributed by atoms with Crippen molar-refractivity contribution in [2.45, 2.75) is 18.8 Å². The van der Waals surface area contributed by atoms with Crippen LogP contribution >= 0.6 is 0 Å². The molecule has 0 aliphatic carbocycles. The highest BCUT2D eigenvalue weighted by Crippen LogP contribution is 2.45. The number of nitriles is 1. The Morgan fingerprint density at radius 3 is 2.96 bits per heavy atom. The summed E-state index contributed by atoms with van der Waals surface area (Å²) in [7, 11) is 0. The molecule has 0 radical (unpaired) electrons. The van der Waals surface area contributed by atoms with E-state index < -0.39 is 5.41 Å². The maximum atomic E-state index is 12.6. The molecule has 1 unspecified atom stereocenters. The molecule has 1 amide bonds. The van der Waals surface area contributed by atoms with Crippen LogP contribution in [0.5, 0.6) is 0 Å². The summed E-state index contributed by atoms with van der Waals surface area (Å²) in [5, 5.41) is 12.3. The number of fused-ring (bicyclic) bond motifs is 2. The summed E-state index contributed by atoms with van der Waals surface area (Å²) in [6.07, 6.45) is 0.732. The van der Waals surface area contributed by atoms with Crippen LogP contribution in [-0.2, 0) is 10.2 Å². The van der Waals surface area contributed by atoms with Crippen molar-refractivity contribution in [1.29, 1.82) is 5.26 Å². The third-order valence-electron chi connectivity index (χ3n) is 4.83. The van der Waals surface area contributed by atoms with Crippen molar-refractivity contribution >= 4 is 17.4 Å². The number of rotatable bonds is 1. The van der Waals surface area contributed by atoms with Gasteiger partial charge in [0, 0.05) is 24.5 Å². The van der Waals surface area contributed by atoms with Gasteiger partial charge in [0.2, 0.25) is 5.91 Å². The van der Waals surface area contributed by atoms with Gasteiger partial charge in [-0.15, -0.1) is 0 Å². The lowest BCUT2D eigenvalue weighted by molar-refractivity contribution is -0.120. The van der Waals surface area contributed by atoms with Gasteiger partial charge < -0.3 is 10.2 Å². The van der Waals surface area contributed by atoms with E-state index in [0.29, 0.717) is 24.5 Å². The Kier molecular flexibility index (Phi) is 2.88. The molecule has 2 aromatic rings. The number of aryl methyl sites for hydroxylation is 1. The number of carbonyl (C=O) groups excluding carboxylic acids is 1. The summed E-state index contributed by atoms with van der Waals surface area (Å²) in [5.74, 6) is 0.730. The number of amides is 1. The Balaban J connectivity index is 1.75. The second-order valence-corrected chi connectivity index (χ2v) is 6.19. The summed E-state index contributed by atoms with van der Waals surface area (Å²) in [5.41, 5.74) is 2.85. The molecule has 5 heteroatoms. The van der Waals surface area contributed by atoms with E-state index >= 15 is 0 Å². The van der Waals surface area contributed by atoms with E-state index in [-0.39, 0.29) is 5.91 Å². The summed E-state index contributed by atoms with van der Waals surface area (Å²) in [4.78, 5) is 19.2. The number of aromatic nitrogens is 1. The quantitative estimate of drug-likeness (QED) is 0.878. The van der Waals surface area contributed by atoms with Gasteiger partial charge in [-0.3, -0.25) is 4.79 Å². The van der Waals surface area contributed by atoms with Gasteiger partial charge in [0.25, 0.3) is 0 Å². The zero-order chi connectivity index (χ0) is 16.0. The number of hydrogen-bond acceptors (Lipinski definition) is 4. The van der Waals surface area contributed by atoms with E-state index in [4.69, 9.17) is 0 Å². The zero-order valence-corrected chi connectivity index (χ0v) is 12.8. The maximum Gasteiger partial charge on any atom is 0.236 e. The lowest BCUT2D eigenvalue weighted by Crippen LogP contribution is -2.38. The van der Waals surface area contributed by atoms with Crippen LogP contribution in [0.3, 0.4) is 0 Å². The van der Waals surface area contributed by atoms with Crippen molar-refractivity contribution in [2.75, 3.05) is 23.3 Å². The molecular weight excluding hydrogens is 288 g/mol. The van der Waals surface area contributed by atoms with Crippen LogP contribution in [-0.4, -0.2) is 24.0 Å². The van der Waals surface area contributed by atoms with Crippen LogP contribution in [0.25, 0.3) is 0 Å². The zero-order valence-electron chi connectivity index (χ0n) is 12.8. The van der Waals surface area contributed by atoms with Crippen LogP contribution in [0.15, 0.2) is 36.4 Å². The fourth-order valence-electron chi connectivity index (χ4n) is 3.64. The molecule has 4 rings (SSSR count). The minimum absolute atomic E-state index is 0.0485. The number of nitrogens with zero attached hydrogens (tertiary/aromatic N) is 3. The van der Waals surface area contributed by atoms with Crippen molar-refractivity contribution < 1.29 is 4.79 Å². The third kappa shape index (κ3) is 1.92. The van der Waals surface area contributed by atoms with Crippen molar-refractivity contribution in [1.82, 2.24) is 4.98 Å². The molecular formula is C18H16N4O. The second kappa shape index (κ2) is 4.82. The molecule has 1 aromatic heterocycles. The molecule has 1 aromatic carbocycles. The molecule has 1 atom stereocenters. The molecule has 0 saturated carbocycles. The van der Waals surface area contributed by atoms with Crippen molar-refractivity contribution in [3.63, 3.8) is 0 Å². The monoisotopic (exact) mass is 304 g/mol. The molecule has 3 heterocycles. The van der Waals surface area contributed by atoms with Gasteiger partial charge in [-0.1, -0.05) is 18.2 Å². The van der Waals surface area contributed by atoms with Gasteiger partial charge in [0.1, 0.15) is 11.9 Å². The fourth-order valence-corrected chi connectivity index (χ4v) is 3.64. The predicted octanol–water partition coefficient (Wildman–Crippen LogP) is 2.36. The van der Waals surface area contributed by atoms with E-state index in [1.807, 2.05) is 37.3 Å². The molecule has 23 heavy (non-hydrogen) atoms. The SMILES string of the molecule is Cc1ccc(C#N)c(N2CCC3(C2)C(=O)Nc2ccccc23)n1. The van der Waals surface area contributed by atoms with Crippen molar-refractivity contribution in [3.8, 4) is 6.07 Å². The number of nitrogens with one attached hydrogen (secondary N) is 1. The Labute approximate surface area is 134 Å². The summed E-state index contributed by atoms with van der Waals surface area (Å²) < 4.78 is 0. The topological polar surface area (TPSA) is 69.0 Å². The minimum Gasteiger partial charge on any atom is -0.354 e. The highest BCUT2D eigenvalue weighted by atomic mass is 16.2.